The van der Waals surface area contributed by atoms with Gasteiger partial charge >= 0.3 is 0 Å². The maximum absolute atomic E-state index is 9.68. The Morgan fingerprint density at radius 3 is 2.61 bits per heavy atom. The van der Waals surface area contributed by atoms with Gasteiger partial charge in [0, 0.05) is 18.3 Å². The molecule has 0 atom stereocenters. The normalized spacial score (nSPS) is 11.0. The summed E-state index contributed by atoms with van der Waals surface area (Å²) in [6.45, 7) is 0. The summed E-state index contributed by atoms with van der Waals surface area (Å²) in [7, 11) is 0. The summed E-state index contributed by atoms with van der Waals surface area (Å²) >= 11 is 0. The lowest BCUT2D eigenvalue weighted by Crippen LogP contribution is -2.02. The summed E-state index contributed by atoms with van der Waals surface area (Å²) in [5.41, 5.74) is 3.75. The van der Waals surface area contributed by atoms with Crippen LogP contribution in [0.2, 0.25) is 0 Å². The molecule has 0 aliphatic carbocycles. The van der Waals surface area contributed by atoms with E-state index in [0.29, 0.717) is 6.42 Å². The summed E-state index contributed by atoms with van der Waals surface area (Å²) in [6.07, 6.45) is 2.40. The minimum atomic E-state index is 0.267. The smallest absolute Gasteiger partial charge is 0.164 e. The molecule has 2 aromatic heterocycles. The van der Waals surface area contributed by atoms with Crippen molar-refractivity contribution in [1.82, 2.24) is 14.5 Å². The van der Waals surface area contributed by atoms with Crippen molar-refractivity contribution in [3.8, 4) is 11.4 Å². The zero-order chi connectivity index (χ0) is 15.6. The molecule has 0 spiro atoms. The number of rotatable bonds is 3. The Morgan fingerprint density at radius 2 is 1.78 bits per heavy atom. The third-order valence-corrected chi connectivity index (χ3v) is 3.77. The van der Waals surface area contributed by atoms with Gasteiger partial charge in [0.2, 0.25) is 0 Å². The van der Waals surface area contributed by atoms with Gasteiger partial charge in [-0.1, -0.05) is 30.3 Å². The van der Waals surface area contributed by atoms with Crippen molar-refractivity contribution in [2.75, 3.05) is 0 Å². The highest BCUT2D eigenvalue weighted by molar-refractivity contribution is 5.74. The number of benzene rings is 2. The van der Waals surface area contributed by atoms with Crippen molar-refractivity contribution in [2.45, 2.75) is 6.42 Å². The van der Waals surface area contributed by atoms with E-state index >= 15 is 0 Å². The highest BCUT2D eigenvalue weighted by Crippen LogP contribution is 2.22. The summed E-state index contributed by atoms with van der Waals surface area (Å²) in [4.78, 5) is 9.22. The van der Waals surface area contributed by atoms with E-state index in [9.17, 15) is 5.11 Å². The number of phenolic OH excluding ortho intramolecular Hbond substituents is 1. The van der Waals surface area contributed by atoms with Gasteiger partial charge in [-0.2, -0.15) is 0 Å². The van der Waals surface area contributed by atoms with E-state index < -0.39 is 0 Å². The van der Waals surface area contributed by atoms with E-state index in [1.54, 1.807) is 18.3 Å². The predicted molar refractivity (Wildman–Crippen MR) is 89.8 cm³/mol. The number of aromatic nitrogens is 3. The monoisotopic (exact) mass is 301 g/mol. The van der Waals surface area contributed by atoms with Gasteiger partial charge in [-0.25, -0.2) is 9.97 Å². The SMILES string of the molecule is Oc1cccc(Cc2nc3cccnc3n2-c2ccccc2)c1. The molecule has 1 N–H and O–H groups in total. The van der Waals surface area contributed by atoms with Crippen molar-refractivity contribution < 1.29 is 5.11 Å². The number of imidazole rings is 1. The lowest BCUT2D eigenvalue weighted by Gasteiger charge is -2.09. The standard InChI is InChI=1S/C19H15N3O/c23-16-9-4-6-14(12-16)13-18-21-17-10-5-11-20-19(17)22(18)15-7-2-1-3-8-15/h1-12,23H,13H2. The van der Waals surface area contributed by atoms with Gasteiger partial charge in [-0.15, -0.1) is 0 Å². The molecule has 4 aromatic rings. The van der Waals surface area contributed by atoms with Crippen LogP contribution in [-0.4, -0.2) is 19.6 Å². The molecule has 0 fully saturated rings. The van der Waals surface area contributed by atoms with E-state index in [2.05, 4.69) is 9.55 Å². The lowest BCUT2D eigenvalue weighted by molar-refractivity contribution is 0.474. The summed E-state index contributed by atoms with van der Waals surface area (Å²) in [5, 5.41) is 9.68. The molecule has 4 heteroatoms. The Kier molecular flexibility index (Phi) is 3.27. The molecule has 23 heavy (non-hydrogen) atoms. The average Bonchev–Trinajstić information content (AvgIpc) is 2.93. The van der Waals surface area contributed by atoms with Crippen molar-refractivity contribution in [3.05, 3.63) is 84.3 Å². The van der Waals surface area contributed by atoms with Crippen LogP contribution in [0, 0.1) is 0 Å². The number of hydrogen-bond donors (Lipinski definition) is 1. The molecule has 112 valence electrons. The molecule has 0 saturated heterocycles. The first-order valence-electron chi connectivity index (χ1n) is 7.47. The molecule has 0 bridgehead atoms. The van der Waals surface area contributed by atoms with Crippen LogP contribution in [-0.2, 0) is 6.42 Å². The van der Waals surface area contributed by atoms with Crippen LogP contribution in [0.3, 0.4) is 0 Å². The first kappa shape index (κ1) is 13.5. The largest absolute Gasteiger partial charge is 0.508 e. The molecule has 0 aliphatic heterocycles. The molecule has 2 heterocycles. The number of nitrogens with zero attached hydrogens (tertiary/aromatic N) is 3. The number of para-hydroxylation sites is 1. The van der Waals surface area contributed by atoms with Gasteiger partial charge in [0.25, 0.3) is 0 Å². The fraction of sp³-hybridized carbons (Fsp3) is 0.0526. The topological polar surface area (TPSA) is 50.9 Å². The Labute approximate surface area is 133 Å². The molecule has 0 radical (unpaired) electrons. The van der Waals surface area contributed by atoms with E-state index in [0.717, 1.165) is 28.2 Å². The van der Waals surface area contributed by atoms with Gasteiger partial charge in [0.05, 0.1) is 0 Å². The first-order chi connectivity index (χ1) is 11.3. The van der Waals surface area contributed by atoms with Gasteiger partial charge in [0.1, 0.15) is 17.1 Å². The van der Waals surface area contributed by atoms with E-state index in [4.69, 9.17) is 4.98 Å². The van der Waals surface area contributed by atoms with Crippen LogP contribution in [0.25, 0.3) is 16.9 Å². The maximum Gasteiger partial charge on any atom is 0.164 e. The Morgan fingerprint density at radius 1 is 0.913 bits per heavy atom. The summed E-state index contributed by atoms with van der Waals surface area (Å²) in [6, 6.07) is 21.2. The van der Waals surface area contributed by atoms with Crippen molar-refractivity contribution in [1.29, 1.82) is 0 Å². The second kappa shape index (κ2) is 5.57. The minimum Gasteiger partial charge on any atom is -0.508 e. The highest BCUT2D eigenvalue weighted by Gasteiger charge is 2.13. The van der Waals surface area contributed by atoms with Gasteiger partial charge in [-0.05, 0) is 42.0 Å². The fourth-order valence-corrected chi connectivity index (χ4v) is 2.78. The second-order valence-electron chi connectivity index (χ2n) is 5.39. The highest BCUT2D eigenvalue weighted by atomic mass is 16.3. The van der Waals surface area contributed by atoms with E-state index in [1.807, 2.05) is 54.6 Å². The van der Waals surface area contributed by atoms with Crippen LogP contribution in [0.15, 0.2) is 72.9 Å². The number of phenols is 1. The van der Waals surface area contributed by atoms with Gasteiger partial charge in [0.15, 0.2) is 5.65 Å². The number of hydrogen-bond acceptors (Lipinski definition) is 3. The molecule has 0 saturated carbocycles. The van der Waals surface area contributed by atoms with Crippen molar-refractivity contribution in [2.24, 2.45) is 0 Å². The summed E-state index contributed by atoms with van der Waals surface area (Å²) < 4.78 is 2.07. The second-order valence-corrected chi connectivity index (χ2v) is 5.39. The molecule has 0 aliphatic rings. The molecular weight excluding hydrogens is 286 g/mol. The minimum absolute atomic E-state index is 0.267. The van der Waals surface area contributed by atoms with Crippen molar-refractivity contribution in [3.63, 3.8) is 0 Å². The number of aromatic hydroxyl groups is 1. The summed E-state index contributed by atoms with van der Waals surface area (Å²) in [5.74, 6) is 1.17. The van der Waals surface area contributed by atoms with Crippen LogP contribution in [0.4, 0.5) is 0 Å². The Balaban J connectivity index is 1.89. The molecule has 4 nitrogen and oxygen atoms in total. The zero-order valence-electron chi connectivity index (χ0n) is 12.4. The van der Waals surface area contributed by atoms with E-state index in [-0.39, 0.29) is 5.75 Å². The quantitative estimate of drug-likeness (QED) is 0.627. The van der Waals surface area contributed by atoms with Crippen LogP contribution in [0.1, 0.15) is 11.4 Å². The molecule has 0 unspecified atom stereocenters. The first-order valence-corrected chi connectivity index (χ1v) is 7.47. The van der Waals surface area contributed by atoms with Gasteiger partial charge in [-0.3, -0.25) is 4.57 Å². The van der Waals surface area contributed by atoms with Crippen molar-refractivity contribution >= 4 is 11.2 Å². The molecule has 4 rings (SSSR count). The molecular formula is C19H15N3O. The zero-order valence-corrected chi connectivity index (χ0v) is 12.4. The van der Waals surface area contributed by atoms with Crippen LogP contribution < -0.4 is 0 Å². The third kappa shape index (κ3) is 2.55. The molecule has 2 aromatic carbocycles. The Hall–Kier alpha value is -3.14. The van der Waals surface area contributed by atoms with Crippen LogP contribution in [0.5, 0.6) is 5.75 Å². The maximum atomic E-state index is 9.68. The third-order valence-electron chi connectivity index (χ3n) is 3.77. The van der Waals surface area contributed by atoms with Crippen LogP contribution >= 0.6 is 0 Å². The Bertz CT molecular complexity index is 961. The fourth-order valence-electron chi connectivity index (χ4n) is 2.78. The molecule has 0 amide bonds. The predicted octanol–water partition coefficient (Wildman–Crippen LogP) is 3.72. The van der Waals surface area contributed by atoms with Gasteiger partial charge < -0.3 is 5.11 Å². The average molecular weight is 301 g/mol. The lowest BCUT2D eigenvalue weighted by atomic mass is 10.1. The van der Waals surface area contributed by atoms with E-state index in [1.165, 1.54) is 0 Å². The number of fused-ring (bicyclic) bond motifs is 1. The number of pyridine rings is 1.